The van der Waals surface area contributed by atoms with Crippen LogP contribution in [0.3, 0.4) is 0 Å². The van der Waals surface area contributed by atoms with Gasteiger partial charge in [-0.3, -0.25) is 0 Å². The summed E-state index contributed by atoms with van der Waals surface area (Å²) in [5, 5.41) is 0. The highest BCUT2D eigenvalue weighted by Crippen LogP contribution is 2.16. The summed E-state index contributed by atoms with van der Waals surface area (Å²) in [6.45, 7) is 6.66. The Bertz CT molecular complexity index is 380. The first-order valence-corrected chi connectivity index (χ1v) is 6.28. The lowest BCUT2D eigenvalue weighted by atomic mass is 10.1. The van der Waals surface area contributed by atoms with Crippen molar-refractivity contribution in [2.45, 2.75) is 45.6 Å². The van der Waals surface area contributed by atoms with Crippen molar-refractivity contribution < 1.29 is 9.47 Å². The molecule has 5 heteroatoms. The van der Waals surface area contributed by atoms with Gasteiger partial charge in [0.05, 0.1) is 12.2 Å². The summed E-state index contributed by atoms with van der Waals surface area (Å²) >= 11 is 0. The summed E-state index contributed by atoms with van der Waals surface area (Å²) < 4.78 is 10.9. The monoisotopic (exact) mass is 253 g/mol. The van der Waals surface area contributed by atoms with E-state index >= 15 is 0 Å². The molecule has 5 nitrogen and oxygen atoms in total. The van der Waals surface area contributed by atoms with Crippen LogP contribution in [0.4, 0.5) is 5.82 Å². The number of nitrogen functional groups attached to an aromatic ring is 1. The van der Waals surface area contributed by atoms with E-state index in [0.717, 1.165) is 25.1 Å². The van der Waals surface area contributed by atoms with Crippen molar-refractivity contribution in [3.63, 3.8) is 0 Å². The minimum atomic E-state index is -0.190. The fourth-order valence-corrected chi connectivity index (χ4v) is 1.41. The molecule has 0 saturated heterocycles. The summed E-state index contributed by atoms with van der Waals surface area (Å²) in [4.78, 5) is 8.47. The zero-order chi connectivity index (χ0) is 13.6. The normalized spacial score (nSPS) is 11.6. The highest BCUT2D eigenvalue weighted by Gasteiger charge is 2.16. The van der Waals surface area contributed by atoms with E-state index in [2.05, 4.69) is 16.9 Å². The van der Waals surface area contributed by atoms with E-state index in [4.69, 9.17) is 15.2 Å². The second-order valence-corrected chi connectivity index (χ2v) is 4.86. The Morgan fingerprint density at radius 2 is 2.06 bits per heavy atom. The van der Waals surface area contributed by atoms with Crippen LogP contribution in [0, 0.1) is 0 Å². The largest absolute Gasteiger partial charge is 0.477 e. The Hall–Kier alpha value is -1.36. The number of ether oxygens (including phenoxy) is 2. The molecule has 0 atom stereocenters. The first-order chi connectivity index (χ1) is 8.46. The van der Waals surface area contributed by atoms with Gasteiger partial charge in [0.15, 0.2) is 0 Å². The van der Waals surface area contributed by atoms with Crippen molar-refractivity contribution in [2.75, 3.05) is 19.5 Å². The van der Waals surface area contributed by atoms with E-state index in [1.54, 1.807) is 13.2 Å². The predicted molar refractivity (Wildman–Crippen MR) is 71.6 cm³/mol. The Morgan fingerprint density at radius 1 is 1.33 bits per heavy atom. The minimum Gasteiger partial charge on any atom is -0.477 e. The van der Waals surface area contributed by atoms with Crippen LogP contribution < -0.4 is 10.5 Å². The fraction of sp³-hybridized carbons (Fsp3) is 0.692. The molecule has 1 aromatic rings. The molecule has 0 radical (unpaired) electrons. The van der Waals surface area contributed by atoms with Gasteiger partial charge in [-0.05, 0) is 20.3 Å². The average molecular weight is 253 g/mol. The molecule has 1 rings (SSSR count). The van der Waals surface area contributed by atoms with Gasteiger partial charge in [0, 0.05) is 26.0 Å². The number of anilines is 1. The molecular formula is C13H23N3O2. The summed E-state index contributed by atoms with van der Waals surface area (Å²) in [5.74, 6) is 1.73. The van der Waals surface area contributed by atoms with Crippen LogP contribution in [0.15, 0.2) is 6.07 Å². The zero-order valence-electron chi connectivity index (χ0n) is 11.7. The van der Waals surface area contributed by atoms with E-state index in [1.807, 2.05) is 13.8 Å². The molecule has 0 aliphatic carbocycles. The van der Waals surface area contributed by atoms with E-state index in [1.165, 1.54) is 0 Å². The van der Waals surface area contributed by atoms with E-state index in [9.17, 15) is 0 Å². The van der Waals surface area contributed by atoms with E-state index in [-0.39, 0.29) is 5.60 Å². The van der Waals surface area contributed by atoms with Gasteiger partial charge in [-0.2, -0.15) is 4.98 Å². The third-order valence-corrected chi connectivity index (χ3v) is 2.75. The Balaban J connectivity index is 2.56. The molecule has 0 bridgehead atoms. The van der Waals surface area contributed by atoms with Crippen molar-refractivity contribution >= 4 is 5.82 Å². The number of rotatable bonds is 7. The van der Waals surface area contributed by atoms with Gasteiger partial charge >= 0.3 is 0 Å². The number of hydrogen-bond donors (Lipinski definition) is 1. The standard InChI is InChI=1S/C13H23N3O2/c1-5-6-11-15-10(14)9-12(16-11)18-8-7-13(2,3)17-4/h9H,5-8H2,1-4H3,(H2,14,15,16). The van der Waals surface area contributed by atoms with Gasteiger partial charge in [-0.1, -0.05) is 6.92 Å². The molecule has 102 valence electrons. The Kier molecular flexibility index (Phi) is 5.34. The average Bonchev–Trinajstić information content (AvgIpc) is 2.28. The molecule has 0 fully saturated rings. The van der Waals surface area contributed by atoms with Crippen molar-refractivity contribution in [1.82, 2.24) is 9.97 Å². The maximum Gasteiger partial charge on any atom is 0.218 e. The lowest BCUT2D eigenvalue weighted by molar-refractivity contribution is 0.00507. The van der Waals surface area contributed by atoms with Crippen LogP contribution in [0.2, 0.25) is 0 Å². The third-order valence-electron chi connectivity index (χ3n) is 2.75. The highest BCUT2D eigenvalue weighted by molar-refractivity contribution is 5.32. The van der Waals surface area contributed by atoms with Crippen LogP contribution in [0.25, 0.3) is 0 Å². The molecule has 0 aromatic carbocycles. The van der Waals surface area contributed by atoms with Crippen LogP contribution in [-0.2, 0) is 11.2 Å². The Morgan fingerprint density at radius 3 is 2.67 bits per heavy atom. The number of nitrogens with two attached hydrogens (primary N) is 1. The maximum atomic E-state index is 5.72. The van der Waals surface area contributed by atoms with Crippen molar-refractivity contribution in [2.24, 2.45) is 0 Å². The molecule has 1 heterocycles. The summed E-state index contributed by atoms with van der Waals surface area (Å²) in [5.41, 5.74) is 5.53. The number of aromatic nitrogens is 2. The number of aryl methyl sites for hydroxylation is 1. The fourth-order valence-electron chi connectivity index (χ4n) is 1.41. The molecule has 0 amide bonds. The third kappa shape index (κ3) is 4.87. The lowest BCUT2D eigenvalue weighted by Crippen LogP contribution is -2.25. The number of hydrogen-bond acceptors (Lipinski definition) is 5. The topological polar surface area (TPSA) is 70.3 Å². The van der Waals surface area contributed by atoms with Gasteiger partial charge in [-0.25, -0.2) is 4.98 Å². The number of nitrogens with zero attached hydrogens (tertiary/aromatic N) is 2. The summed E-state index contributed by atoms with van der Waals surface area (Å²) in [6, 6.07) is 1.65. The van der Waals surface area contributed by atoms with Crippen LogP contribution >= 0.6 is 0 Å². The summed E-state index contributed by atoms with van der Waals surface area (Å²) in [6.07, 6.45) is 2.58. The quantitative estimate of drug-likeness (QED) is 0.806. The first-order valence-electron chi connectivity index (χ1n) is 6.28. The molecule has 0 spiro atoms. The second-order valence-electron chi connectivity index (χ2n) is 4.86. The molecule has 0 aliphatic heterocycles. The summed E-state index contributed by atoms with van der Waals surface area (Å²) in [7, 11) is 1.70. The maximum absolute atomic E-state index is 5.72. The molecule has 0 unspecified atom stereocenters. The Labute approximate surface area is 109 Å². The van der Waals surface area contributed by atoms with Crippen molar-refractivity contribution in [3.05, 3.63) is 11.9 Å². The van der Waals surface area contributed by atoms with Crippen LogP contribution in [-0.4, -0.2) is 29.3 Å². The first kappa shape index (κ1) is 14.7. The molecule has 18 heavy (non-hydrogen) atoms. The molecule has 0 saturated carbocycles. The van der Waals surface area contributed by atoms with E-state index in [0.29, 0.717) is 18.3 Å². The van der Waals surface area contributed by atoms with Gasteiger partial charge in [0.25, 0.3) is 0 Å². The van der Waals surface area contributed by atoms with Crippen LogP contribution in [0.5, 0.6) is 5.88 Å². The predicted octanol–water partition coefficient (Wildman–Crippen LogP) is 2.21. The molecule has 2 N–H and O–H groups in total. The molecule has 0 aliphatic rings. The second kappa shape index (κ2) is 6.54. The van der Waals surface area contributed by atoms with Gasteiger partial charge in [0.1, 0.15) is 11.6 Å². The number of methoxy groups -OCH3 is 1. The highest BCUT2D eigenvalue weighted by atomic mass is 16.5. The van der Waals surface area contributed by atoms with Gasteiger partial charge < -0.3 is 15.2 Å². The molecular weight excluding hydrogens is 230 g/mol. The van der Waals surface area contributed by atoms with Gasteiger partial charge in [-0.15, -0.1) is 0 Å². The molecule has 1 aromatic heterocycles. The van der Waals surface area contributed by atoms with Crippen LogP contribution in [0.1, 0.15) is 39.4 Å². The smallest absolute Gasteiger partial charge is 0.218 e. The van der Waals surface area contributed by atoms with E-state index < -0.39 is 0 Å². The SMILES string of the molecule is CCCc1nc(N)cc(OCCC(C)(C)OC)n1. The minimum absolute atomic E-state index is 0.190. The van der Waals surface area contributed by atoms with Crippen molar-refractivity contribution in [1.29, 1.82) is 0 Å². The lowest BCUT2D eigenvalue weighted by Gasteiger charge is -2.22. The van der Waals surface area contributed by atoms with Gasteiger partial charge in [0.2, 0.25) is 5.88 Å². The van der Waals surface area contributed by atoms with Crippen molar-refractivity contribution in [3.8, 4) is 5.88 Å². The zero-order valence-corrected chi connectivity index (χ0v) is 11.7.